The zero-order valence-electron chi connectivity index (χ0n) is 74.0. The van der Waals surface area contributed by atoms with Crippen LogP contribution in [0.3, 0.4) is 0 Å². The van der Waals surface area contributed by atoms with Crippen molar-refractivity contribution >= 4 is 39.5 Å². The molecule has 0 saturated heterocycles. The third kappa shape index (κ3) is 83.1. The summed E-state index contributed by atoms with van der Waals surface area (Å²) in [4.78, 5) is 73.5. The van der Waals surface area contributed by atoms with Gasteiger partial charge in [-0.3, -0.25) is 37.3 Å². The molecule has 0 aromatic heterocycles. The van der Waals surface area contributed by atoms with Gasteiger partial charge in [-0.15, -0.1) is 0 Å². The molecule has 4 unspecified atom stereocenters. The molecule has 0 fully saturated rings. The lowest BCUT2D eigenvalue weighted by atomic mass is 9.99. The van der Waals surface area contributed by atoms with Crippen molar-refractivity contribution in [2.75, 3.05) is 39.6 Å². The van der Waals surface area contributed by atoms with Crippen LogP contribution >= 0.6 is 15.6 Å². The van der Waals surface area contributed by atoms with E-state index in [4.69, 9.17) is 37.0 Å². The molecule has 0 aliphatic rings. The molecule has 0 saturated carbocycles. The molecular formula is C93H182O17P2. The number of carbonyl (C=O) groups excluding carboxylic acids is 4. The Morgan fingerprint density at radius 3 is 0.634 bits per heavy atom. The van der Waals surface area contributed by atoms with Crippen LogP contribution in [0.15, 0.2) is 0 Å². The van der Waals surface area contributed by atoms with Crippen molar-refractivity contribution in [3.63, 3.8) is 0 Å². The molecule has 0 spiro atoms. The third-order valence-corrected chi connectivity index (χ3v) is 24.6. The van der Waals surface area contributed by atoms with E-state index in [0.29, 0.717) is 25.7 Å². The van der Waals surface area contributed by atoms with Gasteiger partial charge < -0.3 is 33.8 Å². The number of phosphoric acid groups is 2. The largest absolute Gasteiger partial charge is 0.472 e. The lowest BCUT2D eigenvalue weighted by Gasteiger charge is -2.21. The van der Waals surface area contributed by atoms with Gasteiger partial charge in [-0.1, -0.05) is 452 Å². The Morgan fingerprint density at radius 1 is 0.250 bits per heavy atom. The molecular weight excluding hydrogens is 1450 g/mol. The number of aliphatic hydroxyl groups is 1. The highest BCUT2D eigenvalue weighted by atomic mass is 31.2. The van der Waals surface area contributed by atoms with Gasteiger partial charge in [0.15, 0.2) is 12.2 Å². The summed E-state index contributed by atoms with van der Waals surface area (Å²) in [6.45, 7) is 9.77. The fourth-order valence-corrected chi connectivity index (χ4v) is 16.2. The number of unbranched alkanes of at least 4 members (excludes halogenated alkanes) is 60. The Labute approximate surface area is 689 Å². The zero-order valence-corrected chi connectivity index (χ0v) is 75.8. The zero-order chi connectivity index (χ0) is 82.0. The molecule has 112 heavy (non-hydrogen) atoms. The summed E-state index contributed by atoms with van der Waals surface area (Å²) in [5.74, 6) is -0.472. The van der Waals surface area contributed by atoms with Crippen LogP contribution in [0.2, 0.25) is 0 Å². The second-order valence-corrected chi connectivity index (χ2v) is 36.8. The van der Waals surface area contributed by atoms with Crippen LogP contribution in [0, 0.1) is 11.8 Å². The quantitative estimate of drug-likeness (QED) is 0.0222. The van der Waals surface area contributed by atoms with E-state index in [9.17, 15) is 43.2 Å². The van der Waals surface area contributed by atoms with Crippen molar-refractivity contribution in [3.05, 3.63) is 0 Å². The van der Waals surface area contributed by atoms with E-state index in [0.717, 1.165) is 102 Å². The van der Waals surface area contributed by atoms with Crippen molar-refractivity contribution in [1.29, 1.82) is 0 Å². The van der Waals surface area contributed by atoms with Gasteiger partial charge in [-0.2, -0.15) is 0 Å². The summed E-state index contributed by atoms with van der Waals surface area (Å²) in [5, 5.41) is 10.7. The van der Waals surface area contributed by atoms with Crippen LogP contribution in [0.25, 0.3) is 0 Å². The average Bonchev–Trinajstić information content (AvgIpc) is 0.894. The first-order chi connectivity index (χ1) is 54.4. The number of phosphoric ester groups is 2. The fraction of sp³-hybridized carbons (Fsp3) is 0.957. The molecule has 0 heterocycles. The molecule has 0 rings (SSSR count). The van der Waals surface area contributed by atoms with Crippen LogP contribution in [0.5, 0.6) is 0 Å². The van der Waals surface area contributed by atoms with E-state index < -0.39 is 97.5 Å². The van der Waals surface area contributed by atoms with E-state index in [2.05, 4.69) is 41.5 Å². The molecule has 0 aromatic carbocycles. The molecule has 0 aromatic rings. The molecule has 0 bridgehead atoms. The second-order valence-electron chi connectivity index (χ2n) is 33.9. The minimum absolute atomic E-state index is 0.108. The third-order valence-electron chi connectivity index (χ3n) is 22.7. The predicted molar refractivity (Wildman–Crippen MR) is 465 cm³/mol. The van der Waals surface area contributed by atoms with Gasteiger partial charge in [0.25, 0.3) is 0 Å². The number of rotatable bonds is 92. The molecule has 0 amide bonds. The summed E-state index contributed by atoms with van der Waals surface area (Å²) in [7, 11) is -9.94. The number of aliphatic hydroxyl groups excluding tert-OH is 1. The maximum absolute atomic E-state index is 13.2. The number of carbonyl (C=O) groups is 4. The van der Waals surface area contributed by atoms with Crippen LogP contribution in [0.1, 0.15) is 504 Å². The summed E-state index contributed by atoms with van der Waals surface area (Å²) in [6.07, 6.45) is 79.2. The van der Waals surface area contributed by atoms with E-state index in [1.165, 1.54) is 321 Å². The highest BCUT2D eigenvalue weighted by Gasteiger charge is 2.31. The number of ether oxygens (including phenoxy) is 4. The summed E-state index contributed by atoms with van der Waals surface area (Å²) >= 11 is 0. The normalized spacial score (nSPS) is 14.2. The molecule has 7 atom stereocenters. The topological polar surface area (TPSA) is 237 Å². The molecule has 3 N–H and O–H groups in total. The Balaban J connectivity index is 5.25. The van der Waals surface area contributed by atoms with Gasteiger partial charge in [0.1, 0.15) is 19.3 Å². The van der Waals surface area contributed by atoms with E-state index in [-0.39, 0.29) is 25.7 Å². The predicted octanol–water partition coefficient (Wildman–Crippen LogP) is 29.0. The maximum Gasteiger partial charge on any atom is 0.472 e. The van der Waals surface area contributed by atoms with E-state index in [1.807, 2.05) is 0 Å². The first kappa shape index (κ1) is 110. The SMILES string of the molecule is CCCCCCCCCCCCCCCCCCCCCCCC(=O)OC[C@H](COP(=O)(O)OC[C@@H](O)COP(=O)(O)OC[C@@H](COC(=O)CCCCCCCCCCC(C)CC)OC(=O)CCCCCCCCCCCCCCCCC(C)CC)OC(=O)CCCCCCCCCCCCCCCCCCCCCCC. The van der Waals surface area contributed by atoms with Crippen LogP contribution < -0.4 is 0 Å². The summed E-state index contributed by atoms with van der Waals surface area (Å²) < 4.78 is 69.1. The summed E-state index contributed by atoms with van der Waals surface area (Å²) in [6, 6.07) is 0. The molecule has 19 heteroatoms. The minimum Gasteiger partial charge on any atom is -0.462 e. The second kappa shape index (κ2) is 84.1. The Morgan fingerprint density at radius 2 is 0.429 bits per heavy atom. The van der Waals surface area contributed by atoms with Crippen LogP contribution in [0.4, 0.5) is 0 Å². The highest BCUT2D eigenvalue weighted by molar-refractivity contribution is 7.47. The molecule has 17 nitrogen and oxygen atoms in total. The van der Waals surface area contributed by atoms with Gasteiger partial charge in [0.2, 0.25) is 0 Å². The van der Waals surface area contributed by atoms with Gasteiger partial charge in [0, 0.05) is 25.7 Å². The van der Waals surface area contributed by atoms with Gasteiger partial charge in [-0.05, 0) is 37.5 Å². The number of hydrogen-bond donors (Lipinski definition) is 3. The Kier molecular flexibility index (Phi) is 82.6. The Bertz CT molecular complexity index is 2140. The van der Waals surface area contributed by atoms with E-state index in [1.54, 1.807) is 0 Å². The number of esters is 4. The van der Waals surface area contributed by atoms with Gasteiger partial charge >= 0.3 is 39.5 Å². The summed E-state index contributed by atoms with van der Waals surface area (Å²) in [5.41, 5.74) is 0. The first-order valence-corrected chi connectivity index (χ1v) is 51.1. The van der Waals surface area contributed by atoms with Gasteiger partial charge in [-0.25, -0.2) is 9.13 Å². The minimum atomic E-state index is -4.97. The lowest BCUT2D eigenvalue weighted by molar-refractivity contribution is -0.161. The maximum atomic E-state index is 13.2. The van der Waals surface area contributed by atoms with E-state index >= 15 is 0 Å². The molecule has 666 valence electrons. The van der Waals surface area contributed by atoms with Crippen LogP contribution in [-0.2, 0) is 65.4 Å². The smallest absolute Gasteiger partial charge is 0.462 e. The molecule has 0 aliphatic carbocycles. The molecule has 0 aliphatic heterocycles. The fourth-order valence-electron chi connectivity index (χ4n) is 14.6. The standard InChI is InChI=1S/C93H182O17P2/c1-7-11-13-15-17-19-21-23-25-27-29-31-33-35-37-42-46-50-57-63-69-75-90(95)103-81-88(109-92(97)77-71-65-59-51-47-43-38-36-34-32-30-28-26-24-22-20-18-16-14-12-8-2)83-107-111(99,100)105-79-87(94)80-106-112(101,102)108-84-89(82-104-91(96)76-70-64-58-54-53-56-62-68-74-86(6)10-4)110-93(98)78-72-66-60-52-48-44-40-39-41-45-49-55-61-67-73-85(5)9-3/h85-89,94H,7-84H2,1-6H3,(H,99,100)(H,101,102)/t85?,86?,87-,88-,89-/m1/s1. The van der Waals surface area contributed by atoms with Crippen molar-refractivity contribution in [2.45, 2.75) is 522 Å². The lowest BCUT2D eigenvalue weighted by Crippen LogP contribution is -2.30. The first-order valence-electron chi connectivity index (χ1n) is 48.1. The van der Waals surface area contributed by atoms with Crippen molar-refractivity contribution in [1.82, 2.24) is 0 Å². The average molecular weight is 1630 g/mol. The number of hydrogen-bond acceptors (Lipinski definition) is 15. The van der Waals surface area contributed by atoms with Crippen molar-refractivity contribution in [3.8, 4) is 0 Å². The monoisotopic (exact) mass is 1630 g/mol. The Hall–Kier alpha value is -1.94. The molecule has 0 radical (unpaired) electrons. The highest BCUT2D eigenvalue weighted by Crippen LogP contribution is 2.45. The van der Waals surface area contributed by atoms with Crippen LogP contribution in [-0.4, -0.2) is 96.7 Å². The van der Waals surface area contributed by atoms with Crippen molar-refractivity contribution < 1.29 is 80.2 Å². The van der Waals surface area contributed by atoms with Gasteiger partial charge in [0.05, 0.1) is 26.4 Å². The van der Waals surface area contributed by atoms with Crippen molar-refractivity contribution in [2.24, 2.45) is 11.8 Å².